The van der Waals surface area contributed by atoms with Crippen molar-refractivity contribution in [3.8, 4) is 0 Å². The normalized spacial score (nSPS) is 23.6. The molecule has 118 valence electrons. The molecule has 0 unspecified atom stereocenters. The van der Waals surface area contributed by atoms with Crippen LogP contribution in [0.15, 0.2) is 24.3 Å². The van der Waals surface area contributed by atoms with Gasteiger partial charge in [0, 0.05) is 6.04 Å². The predicted octanol–water partition coefficient (Wildman–Crippen LogP) is 2.89. The summed E-state index contributed by atoms with van der Waals surface area (Å²) in [6, 6.07) is 7.73. The third-order valence-corrected chi connectivity index (χ3v) is 5.06. The number of aryl methyl sites for hydroxylation is 1. The number of imide groups is 1. The van der Waals surface area contributed by atoms with Gasteiger partial charge >= 0.3 is 0 Å². The lowest BCUT2D eigenvalue weighted by atomic mass is 9.93. The lowest BCUT2D eigenvalue weighted by Gasteiger charge is -2.34. The number of hydrogen-bond donors (Lipinski definition) is 0. The average molecular weight is 300 g/mol. The zero-order valence-corrected chi connectivity index (χ0v) is 13.4. The Balaban J connectivity index is 1.77. The lowest BCUT2D eigenvalue weighted by Crippen LogP contribution is -2.45. The highest BCUT2D eigenvalue weighted by Crippen LogP contribution is 2.29. The maximum atomic E-state index is 12.7. The maximum absolute atomic E-state index is 12.7. The minimum Gasteiger partial charge on any atom is -0.292 e. The van der Waals surface area contributed by atoms with Crippen LogP contribution >= 0.6 is 0 Å². The van der Waals surface area contributed by atoms with E-state index in [2.05, 4.69) is 4.90 Å². The summed E-state index contributed by atoms with van der Waals surface area (Å²) in [6.45, 7) is 2.00. The van der Waals surface area contributed by atoms with E-state index >= 15 is 0 Å². The topological polar surface area (TPSA) is 40.6 Å². The van der Waals surface area contributed by atoms with Gasteiger partial charge in [-0.1, -0.05) is 37.0 Å². The molecule has 1 aromatic rings. The first-order valence-electron chi connectivity index (χ1n) is 8.23. The van der Waals surface area contributed by atoms with E-state index in [1.54, 1.807) is 0 Å². The Morgan fingerprint density at radius 1 is 1.05 bits per heavy atom. The van der Waals surface area contributed by atoms with Crippen molar-refractivity contribution in [1.29, 1.82) is 0 Å². The summed E-state index contributed by atoms with van der Waals surface area (Å²) in [4.78, 5) is 28.6. The number of amides is 2. The Labute approximate surface area is 132 Å². The van der Waals surface area contributed by atoms with Crippen molar-refractivity contribution in [3.05, 3.63) is 29.8 Å². The van der Waals surface area contributed by atoms with Crippen LogP contribution in [-0.2, 0) is 9.59 Å². The number of carbonyl (C=O) groups is 2. The molecule has 0 radical (unpaired) electrons. The molecule has 0 bridgehead atoms. The third-order valence-electron chi connectivity index (χ3n) is 5.06. The molecule has 2 aliphatic rings. The molecule has 4 heteroatoms. The minimum absolute atomic E-state index is 0.0677. The Hall–Kier alpha value is -1.68. The summed E-state index contributed by atoms with van der Waals surface area (Å²) in [6.07, 6.45) is 6.33. The average Bonchev–Trinajstić information content (AvgIpc) is 2.83. The molecule has 1 heterocycles. The van der Waals surface area contributed by atoms with Crippen LogP contribution < -0.4 is 4.90 Å². The molecule has 0 aromatic heterocycles. The fourth-order valence-corrected chi connectivity index (χ4v) is 3.64. The number of hydrogen-bond acceptors (Lipinski definition) is 3. The summed E-state index contributed by atoms with van der Waals surface area (Å²) in [5, 5.41) is 0. The molecule has 0 N–H and O–H groups in total. The summed E-state index contributed by atoms with van der Waals surface area (Å²) >= 11 is 0. The van der Waals surface area contributed by atoms with E-state index in [1.807, 2.05) is 38.2 Å². The third kappa shape index (κ3) is 2.80. The Bertz CT molecular complexity index is 561. The second-order valence-corrected chi connectivity index (χ2v) is 6.58. The smallest absolute Gasteiger partial charge is 0.251 e. The van der Waals surface area contributed by atoms with Crippen molar-refractivity contribution in [2.75, 3.05) is 11.9 Å². The molecular formula is C18H24N2O2. The first-order chi connectivity index (χ1) is 10.6. The van der Waals surface area contributed by atoms with Crippen LogP contribution in [0.4, 0.5) is 5.69 Å². The van der Waals surface area contributed by atoms with Gasteiger partial charge in [0.2, 0.25) is 5.91 Å². The fourth-order valence-electron chi connectivity index (χ4n) is 3.64. The van der Waals surface area contributed by atoms with Crippen molar-refractivity contribution in [3.63, 3.8) is 0 Å². The monoisotopic (exact) mass is 300 g/mol. The quantitative estimate of drug-likeness (QED) is 0.806. The van der Waals surface area contributed by atoms with E-state index < -0.39 is 0 Å². The van der Waals surface area contributed by atoms with E-state index in [4.69, 9.17) is 0 Å². The molecule has 1 aliphatic heterocycles. The van der Waals surface area contributed by atoms with Crippen LogP contribution in [0.3, 0.4) is 0 Å². The van der Waals surface area contributed by atoms with E-state index in [1.165, 1.54) is 24.2 Å². The molecule has 1 aromatic carbocycles. The van der Waals surface area contributed by atoms with Crippen LogP contribution in [-0.4, -0.2) is 35.8 Å². The summed E-state index contributed by atoms with van der Waals surface area (Å²) in [7, 11) is 2.00. The fraction of sp³-hybridized carbons (Fsp3) is 0.556. The Morgan fingerprint density at radius 3 is 2.32 bits per heavy atom. The summed E-state index contributed by atoms with van der Waals surface area (Å²) in [5.41, 5.74) is 1.82. The van der Waals surface area contributed by atoms with Gasteiger partial charge in [-0.25, -0.2) is 4.90 Å². The van der Waals surface area contributed by atoms with Crippen LogP contribution in [0.1, 0.15) is 44.1 Å². The zero-order valence-electron chi connectivity index (χ0n) is 13.4. The van der Waals surface area contributed by atoms with Gasteiger partial charge in [0.15, 0.2) is 0 Å². The molecule has 0 spiro atoms. The maximum Gasteiger partial charge on any atom is 0.251 e. The molecule has 4 nitrogen and oxygen atoms in total. The second kappa shape index (κ2) is 6.21. The van der Waals surface area contributed by atoms with Gasteiger partial charge in [-0.2, -0.15) is 0 Å². The van der Waals surface area contributed by atoms with Gasteiger partial charge < -0.3 is 0 Å². The van der Waals surface area contributed by atoms with Crippen molar-refractivity contribution in [2.45, 2.75) is 57.5 Å². The largest absolute Gasteiger partial charge is 0.292 e. The molecule has 1 saturated carbocycles. The van der Waals surface area contributed by atoms with Crippen molar-refractivity contribution in [2.24, 2.45) is 0 Å². The molecular weight excluding hydrogens is 276 g/mol. The van der Waals surface area contributed by atoms with Gasteiger partial charge in [0.05, 0.1) is 18.2 Å². The Kier molecular flexibility index (Phi) is 4.30. The van der Waals surface area contributed by atoms with E-state index in [9.17, 15) is 9.59 Å². The van der Waals surface area contributed by atoms with Gasteiger partial charge in [0.25, 0.3) is 5.91 Å². The van der Waals surface area contributed by atoms with Gasteiger partial charge in [-0.15, -0.1) is 0 Å². The first-order valence-corrected chi connectivity index (χ1v) is 8.23. The predicted molar refractivity (Wildman–Crippen MR) is 86.7 cm³/mol. The Morgan fingerprint density at radius 2 is 1.68 bits per heavy atom. The highest BCUT2D eigenvalue weighted by Gasteiger charge is 2.43. The van der Waals surface area contributed by atoms with Crippen LogP contribution in [0, 0.1) is 6.92 Å². The van der Waals surface area contributed by atoms with E-state index in [0.29, 0.717) is 18.2 Å². The number of nitrogens with zero attached hydrogens (tertiary/aromatic N) is 2. The standard InChI is InChI=1S/C18H24N2O2/c1-13-8-10-15(11-9-13)20-17(21)12-16(18(20)22)19(2)14-6-4-3-5-7-14/h8-11,14,16H,3-7,12H2,1-2H3/t16-/m0/s1. The number of rotatable bonds is 3. The molecule has 3 rings (SSSR count). The zero-order chi connectivity index (χ0) is 15.7. The molecule has 1 atom stereocenters. The van der Waals surface area contributed by atoms with Crippen molar-refractivity contribution >= 4 is 17.5 Å². The van der Waals surface area contributed by atoms with Crippen LogP contribution in [0.2, 0.25) is 0 Å². The van der Waals surface area contributed by atoms with Crippen LogP contribution in [0.5, 0.6) is 0 Å². The second-order valence-electron chi connectivity index (χ2n) is 6.58. The molecule has 1 aliphatic carbocycles. The van der Waals surface area contributed by atoms with Gasteiger partial charge in [-0.3, -0.25) is 14.5 Å². The highest BCUT2D eigenvalue weighted by molar-refractivity contribution is 6.22. The van der Waals surface area contributed by atoms with Gasteiger partial charge in [-0.05, 0) is 38.9 Å². The summed E-state index contributed by atoms with van der Waals surface area (Å²) in [5.74, 6) is -0.150. The van der Waals surface area contributed by atoms with E-state index in [-0.39, 0.29) is 17.9 Å². The SMILES string of the molecule is Cc1ccc(N2C(=O)C[C@H](N(C)C3CCCCC3)C2=O)cc1. The number of anilines is 1. The van der Waals surface area contributed by atoms with Crippen molar-refractivity contribution in [1.82, 2.24) is 4.90 Å². The molecule has 2 fully saturated rings. The number of likely N-dealkylation sites (N-methyl/N-ethyl adjacent to an activating group) is 1. The molecule has 22 heavy (non-hydrogen) atoms. The number of carbonyl (C=O) groups excluding carboxylic acids is 2. The first kappa shape index (κ1) is 15.2. The minimum atomic E-state index is -0.295. The van der Waals surface area contributed by atoms with E-state index in [0.717, 1.165) is 18.4 Å². The van der Waals surface area contributed by atoms with Gasteiger partial charge in [0.1, 0.15) is 0 Å². The molecule has 2 amide bonds. The number of benzene rings is 1. The van der Waals surface area contributed by atoms with Crippen molar-refractivity contribution < 1.29 is 9.59 Å². The highest BCUT2D eigenvalue weighted by atomic mass is 16.2. The lowest BCUT2D eigenvalue weighted by molar-refractivity contribution is -0.123. The summed E-state index contributed by atoms with van der Waals surface area (Å²) < 4.78 is 0. The van der Waals surface area contributed by atoms with Crippen LogP contribution in [0.25, 0.3) is 0 Å². The molecule has 1 saturated heterocycles.